The number of nitrogens with two attached hydrogens (primary N) is 1. The molecular formula is C13H16N2O3S. The van der Waals surface area contributed by atoms with Gasteiger partial charge in [-0.25, -0.2) is 4.98 Å². The molecule has 1 aromatic carbocycles. The van der Waals surface area contributed by atoms with Gasteiger partial charge in [0.1, 0.15) is 6.61 Å². The van der Waals surface area contributed by atoms with Crippen molar-refractivity contribution in [2.45, 2.75) is 13.2 Å². The fourth-order valence-electron chi connectivity index (χ4n) is 1.65. The van der Waals surface area contributed by atoms with Crippen LogP contribution in [-0.2, 0) is 13.2 Å². The van der Waals surface area contributed by atoms with Crippen LogP contribution in [0, 0.1) is 0 Å². The molecule has 1 aromatic heterocycles. The fourth-order valence-corrected chi connectivity index (χ4v) is 2.19. The Morgan fingerprint density at radius 3 is 2.37 bits per heavy atom. The van der Waals surface area contributed by atoms with Crippen molar-refractivity contribution in [1.29, 1.82) is 0 Å². The maximum Gasteiger partial charge on any atom is 0.203 e. The molecular weight excluding hydrogens is 264 g/mol. The summed E-state index contributed by atoms with van der Waals surface area (Å²) in [7, 11) is 3.18. The molecule has 0 saturated heterocycles. The van der Waals surface area contributed by atoms with Crippen LogP contribution in [0.5, 0.6) is 17.2 Å². The third-order valence-corrected chi connectivity index (χ3v) is 3.24. The van der Waals surface area contributed by atoms with Crippen LogP contribution >= 0.6 is 11.3 Å². The van der Waals surface area contributed by atoms with E-state index >= 15 is 0 Å². The molecule has 2 aromatic rings. The van der Waals surface area contributed by atoms with Gasteiger partial charge in [-0.2, -0.15) is 0 Å². The summed E-state index contributed by atoms with van der Waals surface area (Å²) in [6, 6.07) is 3.69. The minimum Gasteiger partial charge on any atom is -0.493 e. The SMILES string of the molecule is COc1cc(CN)cc(OC)c1OCc1cscn1. The second-order valence-corrected chi connectivity index (χ2v) is 4.52. The van der Waals surface area contributed by atoms with Crippen LogP contribution in [0.3, 0.4) is 0 Å². The van der Waals surface area contributed by atoms with Gasteiger partial charge in [0.2, 0.25) is 5.75 Å². The second-order valence-electron chi connectivity index (χ2n) is 3.80. The molecule has 102 valence electrons. The number of thiazole rings is 1. The largest absolute Gasteiger partial charge is 0.493 e. The molecule has 2 rings (SSSR count). The summed E-state index contributed by atoms with van der Waals surface area (Å²) in [4.78, 5) is 4.17. The number of ether oxygens (including phenoxy) is 3. The lowest BCUT2D eigenvalue weighted by molar-refractivity contribution is 0.263. The zero-order valence-corrected chi connectivity index (χ0v) is 11.7. The summed E-state index contributed by atoms with van der Waals surface area (Å²) in [5.41, 5.74) is 9.20. The number of methoxy groups -OCH3 is 2. The zero-order chi connectivity index (χ0) is 13.7. The quantitative estimate of drug-likeness (QED) is 0.878. The maximum absolute atomic E-state index is 5.75. The Labute approximate surface area is 115 Å². The van der Waals surface area contributed by atoms with E-state index in [-0.39, 0.29) is 0 Å². The van der Waals surface area contributed by atoms with E-state index in [2.05, 4.69) is 4.98 Å². The van der Waals surface area contributed by atoms with E-state index < -0.39 is 0 Å². The fraction of sp³-hybridized carbons (Fsp3) is 0.308. The second kappa shape index (κ2) is 6.40. The molecule has 0 aliphatic rings. The number of aromatic nitrogens is 1. The molecule has 0 aliphatic carbocycles. The number of hydrogen-bond acceptors (Lipinski definition) is 6. The van der Waals surface area contributed by atoms with Crippen molar-refractivity contribution in [3.8, 4) is 17.2 Å². The molecule has 0 atom stereocenters. The first-order valence-corrected chi connectivity index (χ1v) is 6.67. The summed E-state index contributed by atoms with van der Waals surface area (Å²) in [6.07, 6.45) is 0. The molecule has 0 amide bonds. The molecule has 6 heteroatoms. The van der Waals surface area contributed by atoms with Crippen molar-refractivity contribution in [2.75, 3.05) is 14.2 Å². The molecule has 0 radical (unpaired) electrons. The first-order chi connectivity index (χ1) is 9.28. The Morgan fingerprint density at radius 1 is 1.21 bits per heavy atom. The third kappa shape index (κ3) is 3.15. The monoisotopic (exact) mass is 280 g/mol. The van der Waals surface area contributed by atoms with Gasteiger partial charge >= 0.3 is 0 Å². The van der Waals surface area contributed by atoms with Crippen molar-refractivity contribution in [3.05, 3.63) is 34.3 Å². The Balaban J connectivity index is 2.26. The Kier molecular flexibility index (Phi) is 4.59. The number of rotatable bonds is 6. The third-order valence-electron chi connectivity index (χ3n) is 2.60. The van der Waals surface area contributed by atoms with Crippen molar-refractivity contribution in [2.24, 2.45) is 5.73 Å². The maximum atomic E-state index is 5.75. The standard InChI is InChI=1S/C13H16N2O3S/c1-16-11-3-9(5-14)4-12(17-2)13(11)18-6-10-7-19-8-15-10/h3-4,7-8H,5-6,14H2,1-2H3. The lowest BCUT2D eigenvalue weighted by Crippen LogP contribution is -2.03. The summed E-state index contributed by atoms with van der Waals surface area (Å²) in [5, 5.41) is 1.94. The van der Waals surface area contributed by atoms with E-state index in [1.807, 2.05) is 17.5 Å². The van der Waals surface area contributed by atoms with E-state index in [9.17, 15) is 0 Å². The average Bonchev–Trinajstić information content (AvgIpc) is 2.97. The highest BCUT2D eigenvalue weighted by Gasteiger charge is 2.14. The van der Waals surface area contributed by atoms with Gasteiger partial charge in [-0.1, -0.05) is 0 Å². The van der Waals surface area contributed by atoms with E-state index in [1.54, 1.807) is 19.7 Å². The number of nitrogens with zero attached hydrogens (tertiary/aromatic N) is 1. The topological polar surface area (TPSA) is 66.6 Å². The molecule has 5 nitrogen and oxygen atoms in total. The van der Waals surface area contributed by atoms with Crippen LogP contribution in [-0.4, -0.2) is 19.2 Å². The zero-order valence-electron chi connectivity index (χ0n) is 10.9. The summed E-state index contributed by atoms with van der Waals surface area (Å²) >= 11 is 1.53. The highest BCUT2D eigenvalue weighted by molar-refractivity contribution is 7.07. The predicted octanol–water partition coefficient (Wildman–Crippen LogP) is 2.20. The van der Waals surface area contributed by atoms with Gasteiger partial charge in [-0.05, 0) is 17.7 Å². The highest BCUT2D eigenvalue weighted by Crippen LogP contribution is 2.38. The van der Waals surface area contributed by atoms with Crippen molar-refractivity contribution < 1.29 is 14.2 Å². The van der Waals surface area contributed by atoms with E-state index in [1.165, 1.54) is 11.3 Å². The first-order valence-electron chi connectivity index (χ1n) is 5.73. The Morgan fingerprint density at radius 2 is 1.89 bits per heavy atom. The van der Waals surface area contributed by atoms with E-state index in [4.69, 9.17) is 19.9 Å². The molecule has 19 heavy (non-hydrogen) atoms. The number of hydrogen-bond donors (Lipinski definition) is 1. The van der Waals surface area contributed by atoms with E-state index in [0.29, 0.717) is 30.4 Å². The molecule has 0 fully saturated rings. The van der Waals surface area contributed by atoms with Gasteiger partial charge < -0.3 is 19.9 Å². The lowest BCUT2D eigenvalue weighted by atomic mass is 10.2. The van der Waals surface area contributed by atoms with Crippen LogP contribution in [0.4, 0.5) is 0 Å². The molecule has 1 heterocycles. The van der Waals surface area contributed by atoms with Gasteiger partial charge in [0.25, 0.3) is 0 Å². The normalized spacial score (nSPS) is 10.3. The molecule has 0 aliphatic heterocycles. The molecule has 2 N–H and O–H groups in total. The summed E-state index contributed by atoms with van der Waals surface area (Å²) in [5.74, 6) is 1.78. The van der Waals surface area contributed by atoms with E-state index in [0.717, 1.165) is 11.3 Å². The van der Waals surface area contributed by atoms with Crippen molar-refractivity contribution in [3.63, 3.8) is 0 Å². The van der Waals surface area contributed by atoms with Crippen LogP contribution in [0.2, 0.25) is 0 Å². The van der Waals surface area contributed by atoms with Gasteiger partial charge in [-0.15, -0.1) is 11.3 Å². The summed E-state index contributed by atoms with van der Waals surface area (Å²) in [6.45, 7) is 0.789. The Hall–Kier alpha value is -1.79. The molecule has 0 bridgehead atoms. The average molecular weight is 280 g/mol. The van der Waals surface area contributed by atoms with Crippen LogP contribution < -0.4 is 19.9 Å². The van der Waals surface area contributed by atoms with Gasteiger partial charge in [-0.3, -0.25) is 0 Å². The minimum atomic E-state index is 0.373. The van der Waals surface area contributed by atoms with Crippen molar-refractivity contribution in [1.82, 2.24) is 4.98 Å². The molecule has 0 unspecified atom stereocenters. The van der Waals surface area contributed by atoms with Crippen LogP contribution in [0.15, 0.2) is 23.0 Å². The Bertz CT molecular complexity index is 504. The molecule has 0 saturated carbocycles. The van der Waals surface area contributed by atoms with Gasteiger partial charge in [0.05, 0.1) is 25.4 Å². The highest BCUT2D eigenvalue weighted by atomic mass is 32.1. The smallest absolute Gasteiger partial charge is 0.203 e. The van der Waals surface area contributed by atoms with Crippen molar-refractivity contribution >= 4 is 11.3 Å². The van der Waals surface area contributed by atoms with Gasteiger partial charge in [0.15, 0.2) is 11.5 Å². The number of benzene rings is 1. The minimum absolute atomic E-state index is 0.373. The molecule has 0 spiro atoms. The summed E-state index contributed by atoms with van der Waals surface area (Å²) < 4.78 is 16.4. The van der Waals surface area contributed by atoms with Crippen LogP contribution in [0.1, 0.15) is 11.3 Å². The first kappa shape index (κ1) is 13.6. The van der Waals surface area contributed by atoms with Crippen LogP contribution in [0.25, 0.3) is 0 Å². The van der Waals surface area contributed by atoms with Gasteiger partial charge in [0, 0.05) is 11.9 Å². The predicted molar refractivity (Wildman–Crippen MR) is 73.9 cm³/mol. The lowest BCUT2D eigenvalue weighted by Gasteiger charge is -2.15.